The third kappa shape index (κ3) is 0.581. The molecule has 1 saturated carbocycles. The molecule has 0 N–H and O–H groups in total. The molecule has 1 unspecified atom stereocenters. The molecule has 0 amide bonds. The number of allylic oxidation sites excluding steroid dienone is 1. The summed E-state index contributed by atoms with van der Waals surface area (Å²) in [6.45, 7) is 3.68. The molecular formula is C6H8O. The summed E-state index contributed by atoms with van der Waals surface area (Å²) >= 11 is 0. The Balaban J connectivity index is 2.43. The quantitative estimate of drug-likeness (QED) is 0.353. The van der Waals surface area contributed by atoms with Gasteiger partial charge in [-0.2, -0.15) is 0 Å². The predicted molar refractivity (Wildman–Crippen MR) is 27.9 cm³/mol. The van der Waals surface area contributed by atoms with E-state index in [9.17, 15) is 4.79 Å². The lowest BCUT2D eigenvalue weighted by atomic mass is 9.82. The molecule has 1 heteroatoms. The van der Waals surface area contributed by atoms with Crippen LogP contribution in [-0.4, -0.2) is 6.29 Å². The van der Waals surface area contributed by atoms with Crippen LogP contribution in [0.25, 0.3) is 0 Å². The van der Waals surface area contributed by atoms with Gasteiger partial charge >= 0.3 is 0 Å². The maximum Gasteiger partial charge on any atom is 0.127 e. The van der Waals surface area contributed by atoms with Gasteiger partial charge in [0.25, 0.3) is 0 Å². The first-order valence-electron chi connectivity index (χ1n) is 2.47. The first kappa shape index (κ1) is 4.57. The van der Waals surface area contributed by atoms with Gasteiger partial charge in [-0.1, -0.05) is 12.2 Å². The zero-order chi connectivity index (χ0) is 5.28. The fourth-order valence-corrected chi connectivity index (χ4v) is 0.679. The molecular weight excluding hydrogens is 88.1 g/mol. The van der Waals surface area contributed by atoms with E-state index in [4.69, 9.17) is 0 Å². The summed E-state index contributed by atoms with van der Waals surface area (Å²) in [4.78, 5) is 9.94. The number of aldehydes is 1. The van der Waals surface area contributed by atoms with Gasteiger partial charge in [-0.05, 0) is 12.8 Å². The van der Waals surface area contributed by atoms with Gasteiger partial charge < -0.3 is 4.79 Å². The van der Waals surface area contributed by atoms with Crippen LogP contribution < -0.4 is 0 Å². The van der Waals surface area contributed by atoms with Crippen LogP contribution in [0.4, 0.5) is 0 Å². The van der Waals surface area contributed by atoms with Crippen LogP contribution in [0.1, 0.15) is 12.8 Å². The Morgan fingerprint density at radius 3 is 2.57 bits per heavy atom. The molecule has 1 rings (SSSR count). The molecule has 0 aromatic carbocycles. The molecule has 38 valence electrons. The van der Waals surface area contributed by atoms with Crippen molar-refractivity contribution < 1.29 is 4.79 Å². The second-order valence-electron chi connectivity index (χ2n) is 1.94. The molecule has 0 bridgehead atoms. The van der Waals surface area contributed by atoms with Crippen molar-refractivity contribution in [1.29, 1.82) is 0 Å². The zero-order valence-electron chi connectivity index (χ0n) is 4.18. The highest BCUT2D eigenvalue weighted by molar-refractivity contribution is 5.60. The summed E-state index contributed by atoms with van der Waals surface area (Å²) in [7, 11) is 0. The van der Waals surface area contributed by atoms with Crippen molar-refractivity contribution >= 4 is 6.29 Å². The molecule has 0 heterocycles. The van der Waals surface area contributed by atoms with Gasteiger partial charge in [0.15, 0.2) is 0 Å². The standard InChI is InChI=1S/C6H8O/c1-5-2-3-6(5)4-7/h4,6H,1-3H2. The molecule has 1 fully saturated rings. The minimum absolute atomic E-state index is 0.208. The average molecular weight is 96.1 g/mol. The fourth-order valence-electron chi connectivity index (χ4n) is 0.679. The summed E-state index contributed by atoms with van der Waals surface area (Å²) in [5.74, 6) is 0.208. The zero-order valence-corrected chi connectivity index (χ0v) is 4.18. The molecule has 0 saturated heterocycles. The number of rotatable bonds is 1. The van der Waals surface area contributed by atoms with Crippen molar-refractivity contribution in [2.75, 3.05) is 0 Å². The van der Waals surface area contributed by atoms with Crippen molar-refractivity contribution in [3.05, 3.63) is 12.2 Å². The van der Waals surface area contributed by atoms with E-state index >= 15 is 0 Å². The highest BCUT2D eigenvalue weighted by atomic mass is 16.1. The second kappa shape index (κ2) is 1.49. The number of hydrogen-bond donors (Lipinski definition) is 0. The van der Waals surface area contributed by atoms with Crippen LogP contribution in [0.15, 0.2) is 12.2 Å². The van der Waals surface area contributed by atoms with E-state index in [-0.39, 0.29) is 5.92 Å². The van der Waals surface area contributed by atoms with Gasteiger partial charge in [-0.25, -0.2) is 0 Å². The minimum atomic E-state index is 0.208. The van der Waals surface area contributed by atoms with E-state index in [2.05, 4.69) is 6.58 Å². The predicted octanol–water partition coefficient (Wildman–Crippen LogP) is 1.15. The lowest BCUT2D eigenvalue weighted by Crippen LogP contribution is -2.14. The lowest BCUT2D eigenvalue weighted by molar-refractivity contribution is -0.111. The molecule has 1 nitrogen and oxygen atoms in total. The fraction of sp³-hybridized carbons (Fsp3) is 0.500. The van der Waals surface area contributed by atoms with Gasteiger partial charge in [-0.15, -0.1) is 0 Å². The normalized spacial score (nSPS) is 29.1. The van der Waals surface area contributed by atoms with Crippen LogP contribution in [-0.2, 0) is 4.79 Å². The monoisotopic (exact) mass is 96.1 g/mol. The Bertz CT molecular complexity index is 105. The molecule has 0 aromatic heterocycles. The first-order chi connectivity index (χ1) is 3.34. The third-order valence-electron chi connectivity index (χ3n) is 1.47. The first-order valence-corrected chi connectivity index (χ1v) is 2.47. The highest BCUT2D eigenvalue weighted by Crippen LogP contribution is 2.29. The summed E-state index contributed by atoms with van der Waals surface area (Å²) < 4.78 is 0. The molecule has 0 aromatic rings. The van der Waals surface area contributed by atoms with Gasteiger partial charge in [0, 0.05) is 5.92 Å². The lowest BCUT2D eigenvalue weighted by Gasteiger charge is -2.22. The van der Waals surface area contributed by atoms with E-state index in [1.54, 1.807) is 0 Å². The van der Waals surface area contributed by atoms with Gasteiger partial charge in [0.05, 0.1) is 0 Å². The maximum atomic E-state index is 9.94. The number of carbonyl (C=O) groups is 1. The molecule has 1 aliphatic rings. The summed E-state index contributed by atoms with van der Waals surface area (Å²) in [5, 5.41) is 0. The van der Waals surface area contributed by atoms with Crippen molar-refractivity contribution in [1.82, 2.24) is 0 Å². The average Bonchev–Trinajstić information content (AvgIpc) is 1.65. The topological polar surface area (TPSA) is 17.1 Å². The van der Waals surface area contributed by atoms with Gasteiger partial charge in [-0.3, -0.25) is 0 Å². The van der Waals surface area contributed by atoms with Gasteiger partial charge in [0.1, 0.15) is 6.29 Å². The van der Waals surface area contributed by atoms with Crippen molar-refractivity contribution in [2.24, 2.45) is 5.92 Å². The Morgan fingerprint density at radius 1 is 1.86 bits per heavy atom. The molecule has 1 aliphatic carbocycles. The molecule has 1 atom stereocenters. The highest BCUT2D eigenvalue weighted by Gasteiger charge is 2.20. The molecule has 7 heavy (non-hydrogen) atoms. The van der Waals surface area contributed by atoms with E-state index in [0.29, 0.717) is 0 Å². The van der Waals surface area contributed by atoms with E-state index in [1.165, 1.54) is 0 Å². The summed E-state index contributed by atoms with van der Waals surface area (Å²) in [6.07, 6.45) is 3.07. The Kier molecular flexibility index (Phi) is 0.970. The largest absolute Gasteiger partial charge is 0.303 e. The summed E-state index contributed by atoms with van der Waals surface area (Å²) in [6, 6.07) is 0. The number of hydrogen-bond acceptors (Lipinski definition) is 1. The summed E-state index contributed by atoms with van der Waals surface area (Å²) in [5.41, 5.74) is 1.11. The van der Waals surface area contributed by atoms with Crippen LogP contribution in [0, 0.1) is 5.92 Å². The third-order valence-corrected chi connectivity index (χ3v) is 1.47. The Hall–Kier alpha value is -0.590. The number of carbonyl (C=O) groups excluding carboxylic acids is 1. The van der Waals surface area contributed by atoms with Crippen LogP contribution in [0.3, 0.4) is 0 Å². The second-order valence-corrected chi connectivity index (χ2v) is 1.94. The van der Waals surface area contributed by atoms with Gasteiger partial charge in [0.2, 0.25) is 0 Å². The molecule has 0 aliphatic heterocycles. The van der Waals surface area contributed by atoms with Crippen LogP contribution in [0.2, 0.25) is 0 Å². The maximum absolute atomic E-state index is 9.94. The van der Waals surface area contributed by atoms with Crippen LogP contribution >= 0.6 is 0 Å². The van der Waals surface area contributed by atoms with Crippen molar-refractivity contribution in [3.63, 3.8) is 0 Å². The SMILES string of the molecule is C=C1CCC1C=O. The van der Waals surface area contributed by atoms with E-state index in [1.807, 2.05) is 0 Å². The Labute approximate surface area is 43.0 Å². The minimum Gasteiger partial charge on any atom is -0.303 e. The van der Waals surface area contributed by atoms with Crippen molar-refractivity contribution in [2.45, 2.75) is 12.8 Å². The van der Waals surface area contributed by atoms with E-state index in [0.717, 1.165) is 24.7 Å². The van der Waals surface area contributed by atoms with Crippen LogP contribution in [0.5, 0.6) is 0 Å². The Morgan fingerprint density at radius 2 is 2.57 bits per heavy atom. The molecule has 0 spiro atoms. The van der Waals surface area contributed by atoms with Crippen molar-refractivity contribution in [3.8, 4) is 0 Å². The smallest absolute Gasteiger partial charge is 0.127 e. The molecule has 0 radical (unpaired) electrons. The van der Waals surface area contributed by atoms with E-state index < -0.39 is 0 Å².